The van der Waals surface area contributed by atoms with Gasteiger partial charge in [-0.05, 0) is 91.1 Å². The van der Waals surface area contributed by atoms with Crippen LogP contribution < -0.4 is 0 Å². The molecule has 0 N–H and O–H groups in total. The van der Waals surface area contributed by atoms with E-state index in [1.165, 1.54) is 55.6 Å². The molecule has 0 saturated heterocycles. The van der Waals surface area contributed by atoms with Crippen LogP contribution in [0.25, 0.3) is 22.3 Å². The summed E-state index contributed by atoms with van der Waals surface area (Å²) in [7, 11) is 0. The lowest BCUT2D eigenvalue weighted by Crippen LogP contribution is -2.06. The van der Waals surface area contributed by atoms with Crippen molar-refractivity contribution in [1.82, 2.24) is 0 Å². The van der Waals surface area contributed by atoms with Crippen LogP contribution in [-0.4, -0.2) is 0 Å². The average Bonchev–Trinajstić information content (AvgIpc) is 2.82. The second-order valence-corrected chi connectivity index (χ2v) is 13.2. The van der Waals surface area contributed by atoms with Gasteiger partial charge in [0.1, 0.15) is 0 Å². The fraction of sp³-hybridized carbons (Fsp3) is 0.500. The van der Waals surface area contributed by atoms with Gasteiger partial charge in [-0.15, -0.1) is 0 Å². The first kappa shape index (κ1) is 29.4. The molecule has 0 unspecified atom stereocenters. The van der Waals surface area contributed by atoms with Gasteiger partial charge in [-0.2, -0.15) is 4.90 Å². The molecule has 37 heavy (non-hydrogen) atoms. The highest BCUT2D eigenvalue weighted by Gasteiger charge is 2.22. The molecule has 0 atom stereocenters. The monoisotopic (exact) mass is 513 g/mol. The Morgan fingerprint density at radius 3 is 0.919 bits per heavy atom. The van der Waals surface area contributed by atoms with E-state index in [0.717, 1.165) is 4.90 Å². The minimum atomic E-state index is 0.423. The number of hydrogen-bond acceptors (Lipinski definition) is 1. The van der Waals surface area contributed by atoms with E-state index < -0.39 is 0 Å². The summed E-state index contributed by atoms with van der Waals surface area (Å²) in [6, 6.07) is 16.5. The van der Waals surface area contributed by atoms with E-state index in [1.807, 2.05) is 0 Å². The molecule has 3 aromatic rings. The van der Waals surface area contributed by atoms with Gasteiger partial charge in [0.15, 0.2) is 0 Å². The molecule has 0 saturated carbocycles. The molecule has 0 aliphatic carbocycles. The average molecular weight is 514 g/mol. The molecule has 3 rings (SSSR count). The van der Waals surface area contributed by atoms with E-state index in [9.17, 15) is 0 Å². The lowest BCUT2D eigenvalue weighted by atomic mass is 9.79. The Bertz CT molecular complexity index is 1090. The van der Waals surface area contributed by atoms with Gasteiger partial charge in [-0.1, -0.05) is 126 Å². The van der Waals surface area contributed by atoms with Crippen LogP contribution in [0.1, 0.15) is 152 Å². The van der Waals surface area contributed by atoms with E-state index in [2.05, 4.69) is 126 Å². The summed E-state index contributed by atoms with van der Waals surface area (Å²) in [6.45, 7) is 27.7. The van der Waals surface area contributed by atoms with Gasteiger partial charge in [0, 0.05) is 0 Å². The summed E-state index contributed by atoms with van der Waals surface area (Å²) < 4.78 is 0. The first-order chi connectivity index (χ1) is 17.3. The Kier molecular flexibility index (Phi) is 9.33. The van der Waals surface area contributed by atoms with Crippen LogP contribution in [-0.2, 0) is 12.6 Å². The van der Waals surface area contributed by atoms with Crippen LogP contribution in [0.15, 0.2) is 47.4 Å². The third-order valence-electron chi connectivity index (χ3n) is 7.82. The Morgan fingerprint density at radius 1 is 0.432 bits per heavy atom. The van der Waals surface area contributed by atoms with E-state index in [1.54, 1.807) is 0 Å². The zero-order valence-electron chi connectivity index (χ0n) is 25.4. The fourth-order valence-electron chi connectivity index (χ4n) is 5.46. The van der Waals surface area contributed by atoms with E-state index in [4.69, 9.17) is 12.6 Å². The first-order valence-corrected chi connectivity index (χ1v) is 14.8. The van der Waals surface area contributed by atoms with Crippen LogP contribution in [0.2, 0.25) is 0 Å². The minimum Gasteiger partial charge on any atom is -0.779 e. The summed E-state index contributed by atoms with van der Waals surface area (Å²) in [6.07, 6.45) is 0. The highest BCUT2D eigenvalue weighted by atomic mass is 32.1. The predicted octanol–water partition coefficient (Wildman–Crippen LogP) is 11.7. The third-order valence-corrected chi connectivity index (χ3v) is 8.26. The Balaban J connectivity index is 2.44. The van der Waals surface area contributed by atoms with Crippen molar-refractivity contribution in [2.24, 2.45) is 0 Å². The molecule has 0 spiro atoms. The topological polar surface area (TPSA) is 0 Å². The van der Waals surface area contributed by atoms with Crippen molar-refractivity contribution in [3.8, 4) is 22.3 Å². The van der Waals surface area contributed by atoms with Crippen LogP contribution >= 0.6 is 0 Å². The normalized spacial score (nSPS) is 12.3. The highest BCUT2D eigenvalue weighted by molar-refractivity contribution is 7.59. The van der Waals surface area contributed by atoms with E-state index in [-0.39, 0.29) is 0 Å². The van der Waals surface area contributed by atoms with Gasteiger partial charge in [0.05, 0.1) is 0 Å². The summed E-state index contributed by atoms with van der Waals surface area (Å²) in [5.41, 5.74) is 13.7. The summed E-state index contributed by atoms with van der Waals surface area (Å²) >= 11 is 6.41. The van der Waals surface area contributed by atoms with Crippen LogP contribution in [0.3, 0.4) is 0 Å². The minimum absolute atomic E-state index is 0.423. The zero-order valence-corrected chi connectivity index (χ0v) is 26.2. The molecular weight excluding hydrogens is 464 g/mol. The molecule has 0 aromatic heterocycles. The van der Waals surface area contributed by atoms with Crippen molar-refractivity contribution < 1.29 is 0 Å². The van der Waals surface area contributed by atoms with Gasteiger partial charge >= 0.3 is 0 Å². The van der Waals surface area contributed by atoms with Gasteiger partial charge in [-0.3, -0.25) is 0 Å². The van der Waals surface area contributed by atoms with E-state index >= 15 is 0 Å². The summed E-state index contributed by atoms with van der Waals surface area (Å²) in [4.78, 5) is 0.990. The Labute approximate surface area is 233 Å². The highest BCUT2D eigenvalue weighted by Crippen LogP contribution is 2.45. The Hall–Kier alpha value is -2.12. The summed E-state index contributed by atoms with van der Waals surface area (Å²) in [5, 5.41) is 0. The third kappa shape index (κ3) is 5.98. The molecule has 0 bridgehead atoms. The molecule has 0 fully saturated rings. The summed E-state index contributed by atoms with van der Waals surface area (Å²) in [5.74, 6) is 2.69. The predicted molar refractivity (Wildman–Crippen MR) is 167 cm³/mol. The SMILES string of the molecule is CC(C)c1cc(C(C)C)c(-c2cccc(-c3c(C(C)C)cc(C(C)C)cc3C(C)C)c2[S-])c(C(C)C)c1. The van der Waals surface area contributed by atoms with Crippen LogP contribution in [0.5, 0.6) is 0 Å². The van der Waals surface area contributed by atoms with Gasteiger partial charge in [0.25, 0.3) is 0 Å². The van der Waals surface area contributed by atoms with E-state index in [0.29, 0.717) is 35.5 Å². The second-order valence-electron chi connectivity index (χ2n) is 12.8. The standard InChI is InChI=1S/C36H50S/c1-20(2)26-16-30(22(5)6)34(31(17-26)23(7)8)28-14-13-15-29(36(28)37)35-32(24(9)10)18-27(21(3)4)19-33(35)25(11)12/h13-25,37H,1-12H3/p-1. The van der Waals surface area contributed by atoms with Crippen molar-refractivity contribution in [3.05, 3.63) is 75.8 Å². The maximum Gasteiger partial charge on any atom is -0.0129 e. The van der Waals surface area contributed by atoms with Gasteiger partial charge in [-0.25, -0.2) is 0 Å². The number of benzene rings is 3. The molecule has 0 aliphatic rings. The van der Waals surface area contributed by atoms with Gasteiger partial charge < -0.3 is 12.6 Å². The lowest BCUT2D eigenvalue weighted by Gasteiger charge is -2.30. The molecule has 0 radical (unpaired) electrons. The molecule has 0 heterocycles. The molecule has 0 nitrogen and oxygen atoms in total. The molecule has 0 aliphatic heterocycles. The second kappa shape index (κ2) is 11.7. The van der Waals surface area contributed by atoms with Crippen LogP contribution in [0, 0.1) is 0 Å². The van der Waals surface area contributed by atoms with Crippen molar-refractivity contribution in [1.29, 1.82) is 0 Å². The fourth-order valence-corrected chi connectivity index (χ4v) is 5.80. The van der Waals surface area contributed by atoms with Crippen molar-refractivity contribution in [2.75, 3.05) is 0 Å². The maximum absolute atomic E-state index is 6.41. The Morgan fingerprint density at radius 2 is 0.703 bits per heavy atom. The lowest BCUT2D eigenvalue weighted by molar-refractivity contribution is 0.806. The molecule has 3 aromatic carbocycles. The first-order valence-electron chi connectivity index (χ1n) is 14.4. The molecule has 200 valence electrons. The van der Waals surface area contributed by atoms with Crippen molar-refractivity contribution in [3.63, 3.8) is 0 Å². The largest absolute Gasteiger partial charge is 0.779 e. The quantitative estimate of drug-likeness (QED) is 0.270. The van der Waals surface area contributed by atoms with Crippen molar-refractivity contribution >= 4 is 12.6 Å². The number of rotatable bonds is 8. The smallest absolute Gasteiger partial charge is 0.0129 e. The van der Waals surface area contributed by atoms with Crippen molar-refractivity contribution in [2.45, 2.75) is 123 Å². The maximum atomic E-state index is 6.41. The number of hydrogen-bond donors (Lipinski definition) is 0. The van der Waals surface area contributed by atoms with Gasteiger partial charge in [0.2, 0.25) is 0 Å². The van der Waals surface area contributed by atoms with Crippen LogP contribution in [0.4, 0.5) is 0 Å². The molecule has 0 amide bonds. The molecular formula is C36H49S-. The molecule has 1 heteroatoms. The zero-order chi connectivity index (χ0) is 27.8.